The number of benzene rings is 3. The molecule has 3 aromatic rings. The molecule has 192 valence electrons. The zero-order valence-electron chi connectivity index (χ0n) is 19.2. The fraction of sp³-hybridized carbons (Fsp3) is 0.111. The van der Waals surface area contributed by atoms with Gasteiger partial charge in [-0.15, -0.1) is 0 Å². The third kappa shape index (κ3) is 7.09. The van der Waals surface area contributed by atoms with Crippen LogP contribution in [0, 0.1) is 0 Å². The van der Waals surface area contributed by atoms with Gasteiger partial charge in [0.1, 0.15) is 5.75 Å². The highest BCUT2D eigenvalue weighted by Gasteiger charge is 2.31. The molecule has 0 aliphatic heterocycles. The standard InChI is InChI=1S/C27H19F6NO3/c1-37-24-15-22(14-9-19(24)16-35)34-25(36)4-2-3-23(17-5-10-20(11-6-17)26(28,29)30)18-7-12-21(13-8-18)27(31,32)33/h2-16H,1H3,(H,34,36)/b4-2+. The Hall–Kier alpha value is -4.34. The van der Waals surface area contributed by atoms with Crippen molar-refractivity contribution < 1.29 is 40.7 Å². The van der Waals surface area contributed by atoms with E-state index in [-0.39, 0.29) is 11.3 Å². The van der Waals surface area contributed by atoms with E-state index in [0.29, 0.717) is 28.7 Å². The number of halogens is 6. The molecule has 1 amide bonds. The van der Waals surface area contributed by atoms with Crippen molar-refractivity contribution in [3.8, 4) is 5.75 Å². The first-order valence-corrected chi connectivity index (χ1v) is 10.6. The predicted molar refractivity (Wildman–Crippen MR) is 126 cm³/mol. The molecule has 37 heavy (non-hydrogen) atoms. The first kappa shape index (κ1) is 27.3. The number of amides is 1. The van der Waals surface area contributed by atoms with E-state index in [1.54, 1.807) is 0 Å². The smallest absolute Gasteiger partial charge is 0.416 e. The van der Waals surface area contributed by atoms with Gasteiger partial charge in [-0.05, 0) is 53.1 Å². The molecule has 0 atom stereocenters. The maximum atomic E-state index is 13.0. The van der Waals surface area contributed by atoms with E-state index in [4.69, 9.17) is 4.74 Å². The number of allylic oxidation sites excluding steroid dienone is 2. The monoisotopic (exact) mass is 519 g/mol. The van der Waals surface area contributed by atoms with E-state index in [0.717, 1.165) is 30.3 Å². The second-order valence-corrected chi connectivity index (χ2v) is 7.65. The topological polar surface area (TPSA) is 55.4 Å². The van der Waals surface area contributed by atoms with E-state index >= 15 is 0 Å². The van der Waals surface area contributed by atoms with Crippen molar-refractivity contribution in [1.82, 2.24) is 0 Å². The van der Waals surface area contributed by atoms with E-state index in [1.165, 1.54) is 61.7 Å². The number of ether oxygens (including phenoxy) is 1. The van der Waals surface area contributed by atoms with Crippen LogP contribution >= 0.6 is 0 Å². The largest absolute Gasteiger partial charge is 0.496 e. The minimum atomic E-state index is -4.55. The number of carbonyl (C=O) groups is 2. The molecule has 10 heteroatoms. The van der Waals surface area contributed by atoms with Crippen LogP contribution in [-0.2, 0) is 17.1 Å². The predicted octanol–water partition coefficient (Wildman–Crippen LogP) is 7.17. The van der Waals surface area contributed by atoms with Gasteiger partial charge < -0.3 is 10.1 Å². The molecule has 4 nitrogen and oxygen atoms in total. The molecule has 3 aromatic carbocycles. The lowest BCUT2D eigenvalue weighted by atomic mass is 9.95. The van der Waals surface area contributed by atoms with Gasteiger partial charge in [0.05, 0.1) is 23.8 Å². The number of hydrogen-bond donors (Lipinski definition) is 1. The lowest BCUT2D eigenvalue weighted by molar-refractivity contribution is -0.138. The lowest BCUT2D eigenvalue weighted by Crippen LogP contribution is -2.08. The average molecular weight is 519 g/mol. The van der Waals surface area contributed by atoms with Crippen LogP contribution in [0.4, 0.5) is 32.0 Å². The van der Waals surface area contributed by atoms with Crippen LogP contribution < -0.4 is 10.1 Å². The second-order valence-electron chi connectivity index (χ2n) is 7.65. The fourth-order valence-electron chi connectivity index (χ4n) is 3.34. The van der Waals surface area contributed by atoms with Gasteiger partial charge in [-0.1, -0.05) is 36.4 Å². The zero-order valence-corrected chi connectivity index (χ0v) is 19.2. The summed E-state index contributed by atoms with van der Waals surface area (Å²) >= 11 is 0. The Morgan fingerprint density at radius 3 is 1.76 bits per heavy atom. The quantitative estimate of drug-likeness (QED) is 0.156. The van der Waals surface area contributed by atoms with Gasteiger partial charge in [-0.3, -0.25) is 9.59 Å². The highest BCUT2D eigenvalue weighted by molar-refractivity contribution is 6.00. The maximum absolute atomic E-state index is 13.0. The van der Waals surface area contributed by atoms with Crippen molar-refractivity contribution in [3.05, 3.63) is 113 Å². The molecular formula is C27H19F6NO3. The lowest BCUT2D eigenvalue weighted by Gasteiger charge is -2.12. The number of hydrogen-bond acceptors (Lipinski definition) is 3. The third-order valence-electron chi connectivity index (χ3n) is 5.18. The number of methoxy groups -OCH3 is 1. The maximum Gasteiger partial charge on any atom is 0.416 e. The molecule has 0 aromatic heterocycles. The molecule has 0 heterocycles. The minimum absolute atomic E-state index is 0.253. The molecule has 1 N–H and O–H groups in total. The number of nitrogens with one attached hydrogen (secondary N) is 1. The number of aldehydes is 1. The summed E-state index contributed by atoms with van der Waals surface area (Å²) in [5.41, 5.74) is -0.242. The van der Waals surface area contributed by atoms with Crippen LogP contribution in [0.1, 0.15) is 32.6 Å². The van der Waals surface area contributed by atoms with Crippen molar-refractivity contribution in [3.63, 3.8) is 0 Å². The van der Waals surface area contributed by atoms with Crippen molar-refractivity contribution in [2.24, 2.45) is 0 Å². The Labute approximate surface area is 207 Å². The summed E-state index contributed by atoms with van der Waals surface area (Å²) in [6.07, 6.45) is -4.66. The first-order valence-electron chi connectivity index (χ1n) is 10.6. The van der Waals surface area contributed by atoms with Gasteiger partial charge in [0.25, 0.3) is 0 Å². The summed E-state index contributed by atoms with van der Waals surface area (Å²) < 4.78 is 82.8. The molecule has 0 unspecified atom stereocenters. The Balaban J connectivity index is 1.90. The second kappa shape index (κ2) is 11.2. The Morgan fingerprint density at radius 1 is 0.811 bits per heavy atom. The van der Waals surface area contributed by atoms with Gasteiger partial charge in [0.2, 0.25) is 5.91 Å². The summed E-state index contributed by atoms with van der Waals surface area (Å²) in [7, 11) is 1.36. The molecule has 0 aliphatic carbocycles. The molecule has 0 radical (unpaired) electrons. The van der Waals surface area contributed by atoms with Crippen LogP contribution in [0.3, 0.4) is 0 Å². The molecule has 0 spiro atoms. The van der Waals surface area contributed by atoms with E-state index < -0.39 is 29.4 Å². The number of alkyl halides is 6. The fourth-order valence-corrected chi connectivity index (χ4v) is 3.34. The van der Waals surface area contributed by atoms with Crippen LogP contribution in [-0.4, -0.2) is 19.3 Å². The Morgan fingerprint density at radius 2 is 1.32 bits per heavy atom. The minimum Gasteiger partial charge on any atom is -0.496 e. The summed E-state index contributed by atoms with van der Waals surface area (Å²) in [6.45, 7) is 0. The molecule has 0 aliphatic rings. The number of anilines is 1. The molecule has 0 saturated heterocycles. The third-order valence-corrected chi connectivity index (χ3v) is 5.18. The van der Waals surface area contributed by atoms with Crippen LogP contribution in [0.5, 0.6) is 5.75 Å². The van der Waals surface area contributed by atoms with Gasteiger partial charge in [-0.25, -0.2) is 0 Å². The van der Waals surface area contributed by atoms with Crippen molar-refractivity contribution in [1.29, 1.82) is 0 Å². The van der Waals surface area contributed by atoms with Crippen molar-refractivity contribution >= 4 is 23.5 Å². The van der Waals surface area contributed by atoms with Gasteiger partial charge in [-0.2, -0.15) is 26.3 Å². The van der Waals surface area contributed by atoms with Gasteiger partial charge >= 0.3 is 12.4 Å². The highest BCUT2D eigenvalue weighted by atomic mass is 19.4. The summed E-state index contributed by atoms with van der Waals surface area (Å²) in [5.74, 6) is -0.320. The van der Waals surface area contributed by atoms with Crippen LogP contribution in [0.2, 0.25) is 0 Å². The molecule has 0 fully saturated rings. The van der Waals surface area contributed by atoms with Gasteiger partial charge in [0, 0.05) is 17.8 Å². The SMILES string of the molecule is COc1cc(NC(=O)/C=C/C=C(c2ccc(C(F)(F)F)cc2)c2ccc(C(F)(F)F)cc2)ccc1C=O. The molecule has 0 bridgehead atoms. The van der Waals surface area contributed by atoms with Crippen LogP contribution in [0.15, 0.2) is 85.0 Å². The zero-order chi connectivity index (χ0) is 27.2. The number of carbonyl (C=O) groups excluding carboxylic acids is 2. The van der Waals surface area contributed by atoms with E-state index in [1.807, 2.05) is 0 Å². The van der Waals surface area contributed by atoms with Crippen molar-refractivity contribution in [2.45, 2.75) is 12.4 Å². The van der Waals surface area contributed by atoms with Crippen LogP contribution in [0.25, 0.3) is 5.57 Å². The molecule has 0 saturated carbocycles. The van der Waals surface area contributed by atoms with E-state index in [9.17, 15) is 35.9 Å². The normalized spacial score (nSPS) is 11.8. The Kier molecular flexibility index (Phi) is 8.21. The molecular weight excluding hydrogens is 500 g/mol. The van der Waals surface area contributed by atoms with Gasteiger partial charge in [0.15, 0.2) is 6.29 Å². The molecule has 3 rings (SSSR count). The first-order chi connectivity index (χ1) is 17.4. The highest BCUT2D eigenvalue weighted by Crippen LogP contribution is 2.33. The van der Waals surface area contributed by atoms with E-state index in [2.05, 4.69) is 5.32 Å². The van der Waals surface area contributed by atoms with Crippen molar-refractivity contribution in [2.75, 3.05) is 12.4 Å². The summed E-state index contributed by atoms with van der Waals surface area (Å²) in [5, 5.41) is 2.57. The Bertz CT molecular complexity index is 1260. The summed E-state index contributed by atoms with van der Waals surface area (Å²) in [6, 6.07) is 12.6. The summed E-state index contributed by atoms with van der Waals surface area (Å²) in [4.78, 5) is 23.3. The average Bonchev–Trinajstić information content (AvgIpc) is 2.85. The number of rotatable bonds is 7.